The van der Waals surface area contributed by atoms with Crippen molar-refractivity contribution in [2.45, 2.75) is 116 Å². The average Bonchev–Trinajstić information content (AvgIpc) is 3.02. The zero-order valence-electron chi connectivity index (χ0n) is 26.4. The third-order valence-electron chi connectivity index (χ3n) is 8.09. The summed E-state index contributed by atoms with van der Waals surface area (Å²) in [6.07, 6.45) is 22.1. The monoisotopic (exact) mass is 608 g/mol. The van der Waals surface area contributed by atoms with Gasteiger partial charge >= 0.3 is 5.97 Å². The van der Waals surface area contributed by atoms with Crippen LogP contribution >= 0.6 is 11.6 Å². The molecule has 0 fully saturated rings. The summed E-state index contributed by atoms with van der Waals surface area (Å²) < 4.78 is 17.8. The van der Waals surface area contributed by atoms with Gasteiger partial charge in [0.05, 0.1) is 6.61 Å². The predicted octanol–water partition coefficient (Wildman–Crippen LogP) is 11.4. The van der Waals surface area contributed by atoms with Gasteiger partial charge in [0.1, 0.15) is 12.4 Å². The van der Waals surface area contributed by atoms with Gasteiger partial charge in [0.25, 0.3) is 0 Å². The van der Waals surface area contributed by atoms with E-state index in [1.807, 2.05) is 36.4 Å². The van der Waals surface area contributed by atoms with Crippen LogP contribution in [-0.4, -0.2) is 31.9 Å². The lowest BCUT2D eigenvalue weighted by Crippen LogP contribution is -2.29. The summed E-state index contributed by atoms with van der Waals surface area (Å²) in [6, 6.07) is 16.0. The first-order valence-corrected chi connectivity index (χ1v) is 17.1. The Kier molecular flexibility index (Phi) is 17.2. The fourth-order valence-corrected chi connectivity index (χ4v) is 5.79. The highest BCUT2D eigenvalue weighted by molar-refractivity contribution is 6.31. The summed E-state index contributed by atoms with van der Waals surface area (Å²) in [5.41, 5.74) is 0. The van der Waals surface area contributed by atoms with Crippen LogP contribution in [0.4, 0.5) is 0 Å². The highest BCUT2D eigenvalue weighted by Crippen LogP contribution is 2.36. The Hall–Kier alpha value is -2.56. The molecule has 3 aromatic rings. The number of hydrogen-bond acceptors (Lipinski definition) is 4. The van der Waals surface area contributed by atoms with Crippen molar-refractivity contribution in [1.29, 1.82) is 0 Å². The van der Waals surface area contributed by atoms with E-state index in [2.05, 4.69) is 25.6 Å². The number of fused-ring (bicyclic) bond motifs is 2. The van der Waals surface area contributed by atoms with Crippen LogP contribution in [0.2, 0.25) is 5.02 Å². The van der Waals surface area contributed by atoms with Crippen molar-refractivity contribution < 1.29 is 19.0 Å². The molecule has 0 aromatic heterocycles. The van der Waals surface area contributed by atoms with Gasteiger partial charge in [-0.15, -0.1) is 0 Å². The predicted molar refractivity (Wildman–Crippen MR) is 182 cm³/mol. The van der Waals surface area contributed by atoms with Crippen molar-refractivity contribution in [3.63, 3.8) is 0 Å². The molecule has 0 amide bonds. The van der Waals surface area contributed by atoms with Crippen LogP contribution in [0.1, 0.15) is 110 Å². The van der Waals surface area contributed by atoms with Crippen molar-refractivity contribution in [3.8, 4) is 5.75 Å². The molecule has 0 aliphatic rings. The largest absolute Gasteiger partial charge is 0.488 e. The normalized spacial score (nSPS) is 12.0. The molecule has 0 radical (unpaired) electrons. The number of unbranched alkanes of at least 4 members (excludes halogenated alkanes) is 15. The second-order valence-corrected chi connectivity index (χ2v) is 12.2. The molecule has 0 saturated heterocycles. The summed E-state index contributed by atoms with van der Waals surface area (Å²) in [7, 11) is 0. The lowest BCUT2D eigenvalue weighted by molar-refractivity contribution is -0.148. The third kappa shape index (κ3) is 13.3. The van der Waals surface area contributed by atoms with Crippen LogP contribution in [0.5, 0.6) is 5.75 Å². The summed E-state index contributed by atoms with van der Waals surface area (Å²) >= 11 is 6.32. The molecule has 0 N–H and O–H groups in total. The number of rotatable bonds is 24. The van der Waals surface area contributed by atoms with E-state index in [4.69, 9.17) is 25.8 Å². The van der Waals surface area contributed by atoms with Crippen molar-refractivity contribution >= 4 is 39.1 Å². The second kappa shape index (κ2) is 21.2. The Morgan fingerprint density at radius 1 is 0.744 bits per heavy atom. The minimum absolute atomic E-state index is 0.175. The van der Waals surface area contributed by atoms with E-state index in [-0.39, 0.29) is 13.2 Å². The summed E-state index contributed by atoms with van der Waals surface area (Å²) in [5.74, 6) is 0.249. The average molecular weight is 609 g/mol. The van der Waals surface area contributed by atoms with Crippen LogP contribution in [0, 0.1) is 0 Å². The molecule has 43 heavy (non-hydrogen) atoms. The first kappa shape index (κ1) is 34.9. The van der Waals surface area contributed by atoms with Crippen LogP contribution in [0.25, 0.3) is 21.5 Å². The van der Waals surface area contributed by atoms with Gasteiger partial charge in [0.15, 0.2) is 6.10 Å². The van der Waals surface area contributed by atoms with Crippen molar-refractivity contribution in [2.24, 2.45) is 0 Å². The maximum absolute atomic E-state index is 12.0. The highest BCUT2D eigenvalue weighted by atomic mass is 35.5. The Balaban J connectivity index is 1.32. The second-order valence-electron chi connectivity index (χ2n) is 11.7. The number of hydrogen-bond donors (Lipinski definition) is 0. The minimum Gasteiger partial charge on any atom is -0.488 e. The van der Waals surface area contributed by atoms with Gasteiger partial charge in [-0.05, 0) is 35.4 Å². The molecule has 3 aromatic carbocycles. The summed E-state index contributed by atoms with van der Waals surface area (Å²) in [5, 5.41) is 4.67. The first-order chi connectivity index (χ1) is 21.1. The molecule has 0 bridgehead atoms. The number of ether oxygens (including phenoxy) is 3. The maximum Gasteiger partial charge on any atom is 0.330 e. The first-order valence-electron chi connectivity index (χ1n) is 16.8. The molecule has 236 valence electrons. The quantitative estimate of drug-likeness (QED) is 0.0439. The topological polar surface area (TPSA) is 44.8 Å². The van der Waals surface area contributed by atoms with Gasteiger partial charge in [0, 0.05) is 28.5 Å². The summed E-state index contributed by atoms with van der Waals surface area (Å²) in [4.78, 5) is 12.0. The lowest BCUT2D eigenvalue weighted by Gasteiger charge is -2.20. The molecule has 0 heterocycles. The molecule has 1 atom stereocenters. The molecular weight excluding hydrogens is 556 g/mol. The number of carbonyl (C=O) groups is 1. The third-order valence-corrected chi connectivity index (χ3v) is 8.32. The molecule has 3 rings (SSSR count). The Labute approximate surface area is 265 Å². The van der Waals surface area contributed by atoms with Gasteiger partial charge in [-0.2, -0.15) is 0 Å². The lowest BCUT2D eigenvalue weighted by atomic mass is 10.0. The number of benzene rings is 3. The van der Waals surface area contributed by atoms with Crippen LogP contribution in [0.3, 0.4) is 0 Å². The molecule has 0 aliphatic carbocycles. The maximum atomic E-state index is 12.0. The van der Waals surface area contributed by atoms with Gasteiger partial charge in [-0.1, -0.05) is 152 Å². The Morgan fingerprint density at radius 2 is 1.33 bits per heavy atom. The van der Waals surface area contributed by atoms with Gasteiger partial charge in [0.2, 0.25) is 0 Å². The zero-order valence-corrected chi connectivity index (χ0v) is 27.2. The smallest absolute Gasteiger partial charge is 0.330 e. The fraction of sp³-hybridized carbons (Fsp3) is 0.553. The number of halogens is 1. The van der Waals surface area contributed by atoms with Crippen LogP contribution in [0.15, 0.2) is 61.2 Å². The highest BCUT2D eigenvalue weighted by Gasteiger charge is 2.17. The van der Waals surface area contributed by atoms with E-state index < -0.39 is 12.1 Å². The van der Waals surface area contributed by atoms with E-state index in [0.717, 1.165) is 40.1 Å². The molecule has 0 aliphatic heterocycles. The van der Waals surface area contributed by atoms with Crippen molar-refractivity contribution in [3.05, 3.63) is 66.2 Å². The number of esters is 1. The molecule has 0 spiro atoms. The standard InChI is InChI=1S/C38H53ClO4/c1-3-5-6-7-8-9-10-11-12-13-14-15-16-17-18-21-26-41-29-34(43-37(40)4-2)30-42-38-35-23-20-19-22-31(35)27-32-24-25-33(39)28-36(32)38/h4,19-20,22-25,27-28,34H,2-3,5-18,21,26,29-30H2,1H3. The van der Waals surface area contributed by atoms with Crippen molar-refractivity contribution in [2.75, 3.05) is 19.8 Å². The van der Waals surface area contributed by atoms with E-state index in [1.54, 1.807) is 0 Å². The Morgan fingerprint density at radius 3 is 1.95 bits per heavy atom. The van der Waals surface area contributed by atoms with E-state index >= 15 is 0 Å². The van der Waals surface area contributed by atoms with Crippen LogP contribution in [-0.2, 0) is 14.3 Å². The molecule has 0 saturated carbocycles. The van der Waals surface area contributed by atoms with Gasteiger partial charge in [-0.25, -0.2) is 4.79 Å². The molecule has 4 nitrogen and oxygen atoms in total. The van der Waals surface area contributed by atoms with Gasteiger partial charge < -0.3 is 14.2 Å². The minimum atomic E-state index is -0.542. The number of carbonyl (C=O) groups excluding carboxylic acids is 1. The SMILES string of the molecule is C=CC(=O)OC(COCCCCCCCCCCCCCCCCCC)COc1c2ccccc2cc2ccc(Cl)cc12. The van der Waals surface area contributed by atoms with Gasteiger partial charge in [-0.3, -0.25) is 0 Å². The van der Waals surface area contributed by atoms with Crippen molar-refractivity contribution in [1.82, 2.24) is 0 Å². The zero-order chi connectivity index (χ0) is 30.5. The molecule has 5 heteroatoms. The molecular formula is C38H53ClO4. The summed E-state index contributed by atoms with van der Waals surface area (Å²) in [6.45, 7) is 6.92. The fourth-order valence-electron chi connectivity index (χ4n) is 5.62. The van der Waals surface area contributed by atoms with E-state index in [0.29, 0.717) is 11.6 Å². The Bertz CT molecular complexity index is 1220. The molecule has 1 unspecified atom stereocenters. The van der Waals surface area contributed by atoms with E-state index in [9.17, 15) is 4.79 Å². The van der Waals surface area contributed by atoms with E-state index in [1.165, 1.54) is 96.0 Å². The van der Waals surface area contributed by atoms with Crippen LogP contribution < -0.4 is 4.74 Å².